The molecule has 1 fully saturated rings. The number of aliphatic hydroxyl groups excluding tert-OH is 1. The zero-order valence-electron chi connectivity index (χ0n) is 16.9. The van der Waals surface area contributed by atoms with Gasteiger partial charge in [-0.25, -0.2) is 9.18 Å². The van der Waals surface area contributed by atoms with Crippen molar-refractivity contribution >= 4 is 23.4 Å². The Balaban J connectivity index is 1.84. The first-order valence-corrected chi connectivity index (χ1v) is 9.65. The van der Waals surface area contributed by atoms with E-state index >= 15 is 0 Å². The Bertz CT molecular complexity index is 1200. The summed E-state index contributed by atoms with van der Waals surface area (Å²) in [4.78, 5) is 38.9. The van der Waals surface area contributed by atoms with Crippen molar-refractivity contribution in [1.82, 2.24) is 4.90 Å². The van der Waals surface area contributed by atoms with Crippen molar-refractivity contribution in [1.29, 1.82) is 0 Å². The van der Waals surface area contributed by atoms with Crippen LogP contribution in [0.3, 0.4) is 0 Å². The SMILES string of the molecule is COC(=O)c1ccc(C2/C(=C(\O)c3ccc(F)cc3)C(=O)C(=O)N2Cc2ccco2)cc1. The third-order valence-corrected chi connectivity index (χ3v) is 5.21. The Labute approximate surface area is 182 Å². The van der Waals surface area contributed by atoms with Gasteiger partial charge in [-0.15, -0.1) is 0 Å². The molecule has 4 rings (SSSR count). The quantitative estimate of drug-likeness (QED) is 0.283. The highest BCUT2D eigenvalue weighted by molar-refractivity contribution is 6.46. The number of esters is 1. The highest BCUT2D eigenvalue weighted by atomic mass is 19.1. The fraction of sp³-hybridized carbons (Fsp3) is 0.125. The third kappa shape index (κ3) is 3.78. The molecule has 1 aliphatic heterocycles. The lowest BCUT2D eigenvalue weighted by Gasteiger charge is -2.24. The summed E-state index contributed by atoms with van der Waals surface area (Å²) in [6.07, 6.45) is 1.45. The molecule has 1 amide bonds. The Kier molecular flexibility index (Phi) is 5.59. The molecule has 1 aliphatic rings. The maximum absolute atomic E-state index is 13.3. The second-order valence-corrected chi connectivity index (χ2v) is 7.13. The van der Waals surface area contributed by atoms with E-state index in [1.54, 1.807) is 24.3 Å². The monoisotopic (exact) mass is 435 g/mol. The summed E-state index contributed by atoms with van der Waals surface area (Å²) in [5.74, 6) is -2.70. The molecule has 0 radical (unpaired) electrons. The molecule has 1 atom stereocenters. The molecule has 32 heavy (non-hydrogen) atoms. The molecule has 2 aromatic carbocycles. The van der Waals surface area contributed by atoms with E-state index in [-0.39, 0.29) is 23.2 Å². The van der Waals surface area contributed by atoms with Crippen molar-refractivity contribution in [2.45, 2.75) is 12.6 Å². The van der Waals surface area contributed by atoms with E-state index in [9.17, 15) is 23.9 Å². The number of carbonyl (C=O) groups excluding carboxylic acids is 3. The van der Waals surface area contributed by atoms with Crippen molar-refractivity contribution in [3.63, 3.8) is 0 Å². The van der Waals surface area contributed by atoms with Crippen LogP contribution in [0, 0.1) is 5.82 Å². The number of hydrogen-bond donors (Lipinski definition) is 1. The van der Waals surface area contributed by atoms with Gasteiger partial charge in [0.1, 0.15) is 17.3 Å². The maximum Gasteiger partial charge on any atom is 0.337 e. The van der Waals surface area contributed by atoms with Crippen molar-refractivity contribution in [2.75, 3.05) is 7.11 Å². The first kappa shape index (κ1) is 21.0. The van der Waals surface area contributed by atoms with Crippen molar-refractivity contribution in [3.05, 3.63) is 101 Å². The van der Waals surface area contributed by atoms with Gasteiger partial charge in [-0.3, -0.25) is 9.59 Å². The molecule has 1 saturated heterocycles. The van der Waals surface area contributed by atoms with E-state index in [1.807, 2.05) is 0 Å². The number of benzene rings is 2. The van der Waals surface area contributed by atoms with Gasteiger partial charge in [0.05, 0.1) is 37.1 Å². The minimum absolute atomic E-state index is 0.0127. The average molecular weight is 435 g/mol. The molecule has 0 aliphatic carbocycles. The zero-order valence-corrected chi connectivity index (χ0v) is 16.9. The Morgan fingerprint density at radius 1 is 1.06 bits per heavy atom. The molecule has 0 bridgehead atoms. The Morgan fingerprint density at radius 3 is 2.31 bits per heavy atom. The van der Waals surface area contributed by atoms with Crippen LogP contribution in [0.1, 0.15) is 33.3 Å². The number of nitrogens with zero attached hydrogens (tertiary/aromatic N) is 1. The summed E-state index contributed by atoms with van der Waals surface area (Å²) in [5, 5.41) is 10.9. The van der Waals surface area contributed by atoms with Crippen LogP contribution in [0.5, 0.6) is 0 Å². The summed E-state index contributed by atoms with van der Waals surface area (Å²) < 4.78 is 23.4. The standard InChI is InChI=1S/C24H18FNO6/c1-31-24(30)16-6-4-14(5-7-16)20-19(21(27)15-8-10-17(25)11-9-15)22(28)23(29)26(20)13-18-3-2-12-32-18/h2-12,20,27H,13H2,1H3/b21-19+. The van der Waals surface area contributed by atoms with Gasteiger partial charge in [-0.2, -0.15) is 0 Å². The van der Waals surface area contributed by atoms with Gasteiger partial charge in [0.15, 0.2) is 0 Å². The number of rotatable bonds is 5. The number of hydrogen-bond acceptors (Lipinski definition) is 6. The van der Waals surface area contributed by atoms with Crippen molar-refractivity contribution in [2.24, 2.45) is 0 Å². The molecule has 3 aromatic rings. The summed E-state index contributed by atoms with van der Waals surface area (Å²) in [7, 11) is 1.26. The topological polar surface area (TPSA) is 97.0 Å². The van der Waals surface area contributed by atoms with E-state index in [0.717, 1.165) is 12.1 Å². The zero-order chi connectivity index (χ0) is 22.8. The first-order valence-electron chi connectivity index (χ1n) is 9.65. The summed E-state index contributed by atoms with van der Waals surface area (Å²) in [6.45, 7) is -0.0127. The van der Waals surface area contributed by atoms with E-state index in [1.165, 1.54) is 42.5 Å². The fourth-order valence-electron chi connectivity index (χ4n) is 3.64. The fourth-order valence-corrected chi connectivity index (χ4v) is 3.64. The first-order chi connectivity index (χ1) is 15.4. The number of ether oxygens (including phenoxy) is 1. The number of halogens is 1. The number of aliphatic hydroxyl groups is 1. The lowest BCUT2D eigenvalue weighted by atomic mass is 9.94. The molecular weight excluding hydrogens is 417 g/mol. The van der Waals surface area contributed by atoms with Gasteiger partial charge in [-0.05, 0) is 54.1 Å². The minimum atomic E-state index is -0.947. The predicted octanol–water partition coefficient (Wildman–Crippen LogP) is 3.83. The molecular formula is C24H18FNO6. The smallest absolute Gasteiger partial charge is 0.337 e. The average Bonchev–Trinajstić information content (AvgIpc) is 3.41. The van der Waals surface area contributed by atoms with Crippen molar-refractivity contribution < 1.29 is 33.0 Å². The maximum atomic E-state index is 13.3. The van der Waals surface area contributed by atoms with Crippen LogP contribution < -0.4 is 0 Å². The highest BCUT2D eigenvalue weighted by Crippen LogP contribution is 2.40. The number of ketones is 1. The van der Waals surface area contributed by atoms with E-state index in [4.69, 9.17) is 9.15 Å². The summed E-state index contributed by atoms with van der Waals surface area (Å²) in [6, 6.07) is 13.5. The lowest BCUT2D eigenvalue weighted by molar-refractivity contribution is -0.140. The van der Waals surface area contributed by atoms with Crippen LogP contribution in [-0.2, 0) is 20.9 Å². The molecule has 162 valence electrons. The van der Waals surface area contributed by atoms with Crippen LogP contribution in [-0.4, -0.2) is 34.8 Å². The molecule has 0 spiro atoms. The van der Waals surface area contributed by atoms with E-state index < -0.39 is 35.3 Å². The van der Waals surface area contributed by atoms with Gasteiger partial charge in [0.2, 0.25) is 0 Å². The number of furan rings is 1. The normalized spacial score (nSPS) is 17.6. The second-order valence-electron chi connectivity index (χ2n) is 7.13. The third-order valence-electron chi connectivity index (χ3n) is 5.21. The Hall–Kier alpha value is -4.20. The molecule has 8 heteroatoms. The summed E-state index contributed by atoms with van der Waals surface area (Å²) in [5.41, 5.74) is 0.836. The number of carbonyl (C=O) groups is 3. The number of methoxy groups -OCH3 is 1. The van der Waals surface area contributed by atoms with Crippen LogP contribution in [0.25, 0.3) is 5.76 Å². The molecule has 1 unspecified atom stereocenters. The number of amides is 1. The molecule has 7 nitrogen and oxygen atoms in total. The summed E-state index contributed by atoms with van der Waals surface area (Å²) >= 11 is 0. The van der Waals surface area contributed by atoms with Crippen LogP contribution in [0.2, 0.25) is 0 Å². The Morgan fingerprint density at radius 2 is 1.72 bits per heavy atom. The molecule has 1 N–H and O–H groups in total. The minimum Gasteiger partial charge on any atom is -0.507 e. The van der Waals surface area contributed by atoms with Crippen molar-refractivity contribution in [3.8, 4) is 0 Å². The lowest BCUT2D eigenvalue weighted by Crippen LogP contribution is -2.29. The van der Waals surface area contributed by atoms with Gasteiger partial charge in [0.25, 0.3) is 11.7 Å². The van der Waals surface area contributed by atoms with Gasteiger partial charge in [-0.1, -0.05) is 12.1 Å². The van der Waals surface area contributed by atoms with Crippen LogP contribution >= 0.6 is 0 Å². The highest BCUT2D eigenvalue weighted by Gasteiger charge is 2.46. The largest absolute Gasteiger partial charge is 0.507 e. The van der Waals surface area contributed by atoms with Crippen LogP contribution in [0.4, 0.5) is 4.39 Å². The second kappa shape index (κ2) is 8.50. The predicted molar refractivity (Wildman–Crippen MR) is 111 cm³/mol. The molecule has 1 aromatic heterocycles. The van der Waals surface area contributed by atoms with Crippen LogP contribution in [0.15, 0.2) is 76.9 Å². The number of Topliss-reactive ketones (excluding diaryl/α,β-unsaturated/α-hetero) is 1. The van der Waals surface area contributed by atoms with E-state index in [0.29, 0.717) is 11.3 Å². The molecule has 2 heterocycles. The van der Waals surface area contributed by atoms with E-state index in [2.05, 4.69) is 0 Å². The van der Waals surface area contributed by atoms with Gasteiger partial charge >= 0.3 is 5.97 Å². The van der Waals surface area contributed by atoms with Gasteiger partial charge in [0, 0.05) is 5.56 Å². The number of likely N-dealkylation sites (tertiary alicyclic amines) is 1. The van der Waals surface area contributed by atoms with Gasteiger partial charge < -0.3 is 19.2 Å². The molecule has 0 saturated carbocycles.